The van der Waals surface area contributed by atoms with Crippen molar-refractivity contribution in [3.63, 3.8) is 0 Å². The lowest BCUT2D eigenvalue weighted by Gasteiger charge is -2.05. The van der Waals surface area contributed by atoms with E-state index in [0.717, 1.165) is 34.3 Å². The summed E-state index contributed by atoms with van der Waals surface area (Å²) >= 11 is 0. The van der Waals surface area contributed by atoms with Crippen LogP contribution in [0.4, 0.5) is 0 Å². The van der Waals surface area contributed by atoms with Crippen LogP contribution < -0.4 is 10.2 Å². The minimum atomic E-state index is -0.284. The smallest absolute Gasteiger partial charge is 0.271 e. The van der Waals surface area contributed by atoms with Gasteiger partial charge in [0.1, 0.15) is 11.3 Å². The minimum Gasteiger partial charge on any atom is -0.494 e. The second-order valence-corrected chi connectivity index (χ2v) is 6.16. The normalized spacial score (nSPS) is 11.2. The number of ether oxygens (including phenoxy) is 1. The number of rotatable bonds is 6. The second kappa shape index (κ2) is 7.87. The van der Waals surface area contributed by atoms with Gasteiger partial charge in [-0.25, -0.2) is 5.43 Å². The van der Waals surface area contributed by atoms with E-state index >= 15 is 0 Å². The lowest BCUT2D eigenvalue weighted by Crippen LogP contribution is -2.17. The molecule has 2 aromatic carbocycles. The molecule has 0 fully saturated rings. The van der Waals surface area contributed by atoms with Crippen LogP contribution in [0.5, 0.6) is 5.75 Å². The monoisotopic (exact) mass is 350 g/mol. The Morgan fingerprint density at radius 3 is 2.69 bits per heavy atom. The van der Waals surface area contributed by atoms with Gasteiger partial charge in [0.15, 0.2) is 5.76 Å². The third-order valence-electron chi connectivity index (χ3n) is 4.07. The molecule has 3 aromatic rings. The van der Waals surface area contributed by atoms with Gasteiger partial charge in [-0.15, -0.1) is 0 Å². The first kappa shape index (κ1) is 17.7. The third kappa shape index (κ3) is 3.94. The molecule has 0 aliphatic heterocycles. The summed E-state index contributed by atoms with van der Waals surface area (Å²) in [5.41, 5.74) is 5.99. The average Bonchev–Trinajstić information content (AvgIpc) is 2.95. The summed E-state index contributed by atoms with van der Waals surface area (Å²) in [5.74, 6) is 1.10. The van der Waals surface area contributed by atoms with E-state index in [1.165, 1.54) is 6.21 Å². The molecule has 1 heterocycles. The van der Waals surface area contributed by atoms with E-state index in [1.807, 2.05) is 39.0 Å². The number of hydrazone groups is 1. The van der Waals surface area contributed by atoms with Crippen LogP contribution in [-0.2, 0) is 0 Å². The lowest BCUT2D eigenvalue weighted by atomic mass is 10.1. The molecular formula is C21H22N2O3. The van der Waals surface area contributed by atoms with Gasteiger partial charge in [-0.3, -0.25) is 4.79 Å². The summed E-state index contributed by atoms with van der Waals surface area (Å²) in [6.45, 7) is 6.69. The van der Waals surface area contributed by atoms with Gasteiger partial charge in [-0.05, 0) is 56.2 Å². The summed E-state index contributed by atoms with van der Waals surface area (Å²) in [4.78, 5) is 12.2. The number of nitrogens with one attached hydrogen (secondary N) is 1. The van der Waals surface area contributed by atoms with Crippen molar-refractivity contribution in [3.05, 3.63) is 64.9 Å². The van der Waals surface area contributed by atoms with E-state index in [-0.39, 0.29) is 5.91 Å². The zero-order valence-corrected chi connectivity index (χ0v) is 15.2. The first-order valence-electron chi connectivity index (χ1n) is 8.64. The maximum absolute atomic E-state index is 12.2. The van der Waals surface area contributed by atoms with Gasteiger partial charge < -0.3 is 9.15 Å². The number of amides is 1. The van der Waals surface area contributed by atoms with Crippen LogP contribution in [0.3, 0.4) is 0 Å². The van der Waals surface area contributed by atoms with Crippen molar-refractivity contribution >= 4 is 23.1 Å². The van der Waals surface area contributed by atoms with E-state index in [0.29, 0.717) is 17.9 Å². The molecule has 0 radical (unpaired) electrons. The van der Waals surface area contributed by atoms with Crippen LogP contribution >= 0.6 is 0 Å². The first-order chi connectivity index (χ1) is 12.6. The summed E-state index contributed by atoms with van der Waals surface area (Å²) in [6.07, 6.45) is 2.47. The zero-order chi connectivity index (χ0) is 18.5. The summed E-state index contributed by atoms with van der Waals surface area (Å²) in [6, 6.07) is 13.0. The van der Waals surface area contributed by atoms with Crippen LogP contribution in [0.25, 0.3) is 11.0 Å². The molecule has 0 aliphatic carbocycles. The number of aryl methyl sites for hydroxylation is 2. The Morgan fingerprint density at radius 1 is 1.19 bits per heavy atom. The lowest BCUT2D eigenvalue weighted by molar-refractivity contribution is 0.0955. The van der Waals surface area contributed by atoms with Gasteiger partial charge >= 0.3 is 0 Å². The van der Waals surface area contributed by atoms with Crippen LogP contribution in [0.1, 0.15) is 40.6 Å². The van der Waals surface area contributed by atoms with Crippen molar-refractivity contribution < 1.29 is 13.9 Å². The van der Waals surface area contributed by atoms with E-state index in [1.54, 1.807) is 24.3 Å². The number of nitrogens with zero attached hydrogens (tertiary/aromatic N) is 1. The molecule has 0 saturated carbocycles. The van der Waals surface area contributed by atoms with E-state index in [9.17, 15) is 4.79 Å². The van der Waals surface area contributed by atoms with Gasteiger partial charge in [0.05, 0.1) is 12.8 Å². The number of fused-ring (bicyclic) bond motifs is 1. The molecule has 0 bridgehead atoms. The highest BCUT2D eigenvalue weighted by atomic mass is 16.5. The maximum Gasteiger partial charge on any atom is 0.271 e. The molecule has 1 amide bonds. The van der Waals surface area contributed by atoms with Gasteiger partial charge in [0.25, 0.3) is 5.91 Å². The highest BCUT2D eigenvalue weighted by Crippen LogP contribution is 2.24. The topological polar surface area (TPSA) is 63.8 Å². The Balaban J connectivity index is 1.66. The van der Waals surface area contributed by atoms with Crippen LogP contribution in [0.2, 0.25) is 0 Å². The standard InChI is InChI=1S/C21H22N2O3/c1-4-11-25-17-8-6-16(7-9-17)21(24)23-22-13-20-15(3)18-10-5-14(2)12-19(18)26-20/h5-10,12-13H,4,11H2,1-3H3,(H,23,24)/b22-13+. The van der Waals surface area contributed by atoms with Crippen LogP contribution in [0, 0.1) is 13.8 Å². The van der Waals surface area contributed by atoms with Crippen molar-refractivity contribution in [2.45, 2.75) is 27.2 Å². The molecule has 134 valence electrons. The highest BCUT2D eigenvalue weighted by molar-refractivity contribution is 5.95. The van der Waals surface area contributed by atoms with E-state index in [2.05, 4.69) is 10.5 Å². The molecule has 5 nitrogen and oxygen atoms in total. The molecule has 26 heavy (non-hydrogen) atoms. The van der Waals surface area contributed by atoms with Crippen molar-refractivity contribution in [1.82, 2.24) is 5.43 Å². The van der Waals surface area contributed by atoms with Crippen LogP contribution in [0.15, 0.2) is 52.0 Å². The molecule has 1 aromatic heterocycles. The Labute approximate surface area is 152 Å². The fraction of sp³-hybridized carbons (Fsp3) is 0.238. The zero-order valence-electron chi connectivity index (χ0n) is 15.2. The largest absolute Gasteiger partial charge is 0.494 e. The number of furan rings is 1. The van der Waals surface area contributed by atoms with E-state index in [4.69, 9.17) is 9.15 Å². The molecule has 0 aliphatic rings. The summed E-state index contributed by atoms with van der Waals surface area (Å²) < 4.78 is 11.3. The van der Waals surface area contributed by atoms with Crippen molar-refractivity contribution in [2.24, 2.45) is 5.10 Å². The Kier molecular flexibility index (Phi) is 5.37. The molecular weight excluding hydrogens is 328 g/mol. The number of hydrogen-bond donors (Lipinski definition) is 1. The Hall–Kier alpha value is -3.08. The van der Waals surface area contributed by atoms with Crippen molar-refractivity contribution in [1.29, 1.82) is 0 Å². The average molecular weight is 350 g/mol. The fourth-order valence-electron chi connectivity index (χ4n) is 2.61. The van der Waals surface area contributed by atoms with E-state index < -0.39 is 0 Å². The summed E-state index contributed by atoms with van der Waals surface area (Å²) in [7, 11) is 0. The molecule has 0 saturated heterocycles. The summed E-state index contributed by atoms with van der Waals surface area (Å²) in [5, 5.41) is 5.07. The van der Waals surface area contributed by atoms with Gasteiger partial charge in [-0.2, -0.15) is 5.10 Å². The first-order valence-corrected chi connectivity index (χ1v) is 8.64. The van der Waals surface area contributed by atoms with Gasteiger partial charge in [-0.1, -0.05) is 19.1 Å². The number of carbonyl (C=O) groups is 1. The molecule has 0 unspecified atom stereocenters. The van der Waals surface area contributed by atoms with Crippen LogP contribution in [-0.4, -0.2) is 18.7 Å². The van der Waals surface area contributed by atoms with Crippen molar-refractivity contribution in [2.75, 3.05) is 6.61 Å². The molecule has 1 N–H and O–H groups in total. The van der Waals surface area contributed by atoms with Gasteiger partial charge in [0, 0.05) is 16.5 Å². The number of hydrogen-bond acceptors (Lipinski definition) is 4. The molecule has 0 atom stereocenters. The molecule has 3 rings (SSSR count). The Bertz CT molecular complexity index is 940. The quantitative estimate of drug-likeness (QED) is 0.522. The molecule has 0 spiro atoms. The number of benzene rings is 2. The SMILES string of the molecule is CCCOc1ccc(C(=O)N/N=C/c2oc3cc(C)ccc3c2C)cc1. The maximum atomic E-state index is 12.2. The predicted octanol–water partition coefficient (Wildman–Crippen LogP) is 4.60. The molecule has 5 heteroatoms. The predicted molar refractivity (Wildman–Crippen MR) is 103 cm³/mol. The fourth-order valence-corrected chi connectivity index (χ4v) is 2.61. The van der Waals surface area contributed by atoms with Crippen molar-refractivity contribution in [3.8, 4) is 5.75 Å². The van der Waals surface area contributed by atoms with Gasteiger partial charge in [0.2, 0.25) is 0 Å². The third-order valence-corrected chi connectivity index (χ3v) is 4.07. The minimum absolute atomic E-state index is 0.284. The highest BCUT2D eigenvalue weighted by Gasteiger charge is 2.09. The Morgan fingerprint density at radius 2 is 1.96 bits per heavy atom. The number of carbonyl (C=O) groups excluding carboxylic acids is 1. The second-order valence-electron chi connectivity index (χ2n) is 6.16.